The minimum Gasteiger partial charge on any atom is -0.481 e. The number of piperidine rings is 1. The third-order valence-electron chi connectivity index (χ3n) is 3.35. The molecule has 1 aliphatic rings. The highest BCUT2D eigenvalue weighted by Crippen LogP contribution is 2.27. The van der Waals surface area contributed by atoms with Crippen molar-refractivity contribution in [1.82, 2.24) is 4.90 Å². The summed E-state index contributed by atoms with van der Waals surface area (Å²) in [4.78, 5) is 35.8. The van der Waals surface area contributed by atoms with Crippen molar-refractivity contribution >= 4 is 18.0 Å². The van der Waals surface area contributed by atoms with Crippen LogP contribution in [-0.4, -0.2) is 51.3 Å². The molecule has 0 aliphatic carbocycles. The van der Waals surface area contributed by atoms with Crippen molar-refractivity contribution < 1.29 is 29.3 Å². The molecule has 0 aromatic carbocycles. The minimum atomic E-state index is -1.20. The molecule has 2 unspecified atom stereocenters. The molecule has 0 saturated carbocycles. The molecule has 2 N–H and O–H groups in total. The van der Waals surface area contributed by atoms with E-state index in [1.807, 2.05) is 0 Å². The van der Waals surface area contributed by atoms with Crippen LogP contribution in [0.15, 0.2) is 0 Å². The van der Waals surface area contributed by atoms with Crippen LogP contribution >= 0.6 is 0 Å². The summed E-state index contributed by atoms with van der Waals surface area (Å²) in [6, 6.07) is -0.637. The smallest absolute Gasteiger partial charge is 0.410 e. The zero-order chi connectivity index (χ0) is 16.2. The van der Waals surface area contributed by atoms with E-state index < -0.39 is 42.0 Å². The second kappa shape index (κ2) is 6.78. The van der Waals surface area contributed by atoms with Crippen molar-refractivity contribution in [2.24, 2.45) is 5.92 Å². The molecule has 1 saturated heterocycles. The third kappa shape index (κ3) is 5.24. The van der Waals surface area contributed by atoms with E-state index in [9.17, 15) is 19.5 Å². The van der Waals surface area contributed by atoms with Gasteiger partial charge in [-0.1, -0.05) is 0 Å². The fourth-order valence-electron chi connectivity index (χ4n) is 2.50. The molecule has 0 radical (unpaired) electrons. The second-order valence-corrected chi connectivity index (χ2v) is 6.28. The number of carbonyl (C=O) groups is 3. The molecule has 2 atom stereocenters. The van der Waals surface area contributed by atoms with Gasteiger partial charge in [-0.25, -0.2) is 4.79 Å². The highest BCUT2D eigenvalue weighted by atomic mass is 16.6. The van der Waals surface area contributed by atoms with Gasteiger partial charge in [0.05, 0.1) is 12.3 Å². The number of ether oxygens (including phenoxy) is 1. The normalized spacial score (nSPS) is 20.7. The van der Waals surface area contributed by atoms with Crippen LogP contribution in [0.2, 0.25) is 0 Å². The molecule has 1 amide bonds. The summed E-state index contributed by atoms with van der Waals surface area (Å²) in [6.07, 6.45) is 0.925. The first-order valence-corrected chi connectivity index (χ1v) is 7.06. The van der Waals surface area contributed by atoms with Crippen LogP contribution in [0, 0.1) is 5.92 Å². The molecule has 0 spiro atoms. The Hall–Kier alpha value is -1.79. The van der Waals surface area contributed by atoms with Crippen LogP contribution in [0.25, 0.3) is 0 Å². The Kier molecular flexibility index (Phi) is 5.57. The summed E-state index contributed by atoms with van der Waals surface area (Å²) in [6.45, 7) is 5.59. The highest BCUT2D eigenvalue weighted by Gasteiger charge is 2.39. The van der Waals surface area contributed by atoms with Gasteiger partial charge in [0.2, 0.25) is 0 Å². The van der Waals surface area contributed by atoms with Gasteiger partial charge in [0.1, 0.15) is 5.60 Å². The van der Waals surface area contributed by atoms with E-state index in [2.05, 4.69) is 0 Å². The molecule has 0 aromatic rings. The molecule has 0 bridgehead atoms. The second-order valence-electron chi connectivity index (χ2n) is 6.28. The number of carboxylic acids is 2. The van der Waals surface area contributed by atoms with E-state index in [0.29, 0.717) is 13.0 Å². The maximum Gasteiger partial charge on any atom is 0.410 e. The Balaban J connectivity index is 2.91. The lowest BCUT2D eigenvalue weighted by atomic mass is 9.88. The quantitative estimate of drug-likeness (QED) is 0.822. The maximum absolute atomic E-state index is 12.2. The van der Waals surface area contributed by atoms with Crippen LogP contribution in [-0.2, 0) is 14.3 Å². The lowest BCUT2D eigenvalue weighted by Gasteiger charge is -2.39. The fourth-order valence-corrected chi connectivity index (χ4v) is 2.50. The van der Waals surface area contributed by atoms with Crippen molar-refractivity contribution in [3.63, 3.8) is 0 Å². The van der Waals surface area contributed by atoms with Gasteiger partial charge in [0.25, 0.3) is 0 Å². The van der Waals surface area contributed by atoms with Crippen LogP contribution in [0.4, 0.5) is 4.79 Å². The third-order valence-corrected chi connectivity index (χ3v) is 3.35. The van der Waals surface area contributed by atoms with Crippen molar-refractivity contribution in [3.8, 4) is 0 Å². The number of amides is 1. The Morgan fingerprint density at radius 1 is 1.24 bits per heavy atom. The van der Waals surface area contributed by atoms with Crippen molar-refractivity contribution in [1.29, 1.82) is 0 Å². The summed E-state index contributed by atoms with van der Waals surface area (Å²) in [7, 11) is 0. The Labute approximate surface area is 123 Å². The van der Waals surface area contributed by atoms with E-state index in [0.717, 1.165) is 12.8 Å². The number of likely N-dealkylation sites (tertiary alicyclic amines) is 1. The van der Waals surface area contributed by atoms with Gasteiger partial charge in [-0.2, -0.15) is 0 Å². The largest absolute Gasteiger partial charge is 0.481 e. The van der Waals surface area contributed by atoms with E-state index in [4.69, 9.17) is 9.84 Å². The van der Waals surface area contributed by atoms with Gasteiger partial charge in [-0.3, -0.25) is 9.59 Å². The number of hydrogen-bond donors (Lipinski definition) is 2. The lowest BCUT2D eigenvalue weighted by Crippen LogP contribution is -2.51. The van der Waals surface area contributed by atoms with Gasteiger partial charge in [-0.15, -0.1) is 0 Å². The highest BCUT2D eigenvalue weighted by molar-refractivity contribution is 5.79. The number of carboxylic acid groups (broad SMARTS) is 2. The van der Waals surface area contributed by atoms with Crippen LogP contribution in [0.5, 0.6) is 0 Å². The van der Waals surface area contributed by atoms with E-state index in [1.54, 1.807) is 20.8 Å². The molecule has 7 nitrogen and oxygen atoms in total. The van der Waals surface area contributed by atoms with Crippen LogP contribution < -0.4 is 0 Å². The summed E-state index contributed by atoms with van der Waals surface area (Å²) in [5.74, 6) is -3.50. The average Bonchev–Trinajstić information content (AvgIpc) is 2.33. The average molecular weight is 301 g/mol. The fraction of sp³-hybridized carbons (Fsp3) is 0.786. The number of rotatable bonds is 4. The molecule has 120 valence electrons. The van der Waals surface area contributed by atoms with Crippen molar-refractivity contribution in [2.45, 2.75) is 58.1 Å². The molecule has 7 heteroatoms. The molecule has 1 heterocycles. The van der Waals surface area contributed by atoms with E-state index >= 15 is 0 Å². The predicted molar refractivity (Wildman–Crippen MR) is 74.0 cm³/mol. The molecule has 1 rings (SSSR count). The van der Waals surface area contributed by atoms with Crippen LogP contribution in [0.3, 0.4) is 0 Å². The summed E-state index contributed by atoms with van der Waals surface area (Å²) in [5, 5.41) is 18.1. The Bertz CT molecular complexity index is 414. The number of hydrogen-bond acceptors (Lipinski definition) is 4. The van der Waals surface area contributed by atoms with E-state index in [1.165, 1.54) is 4.90 Å². The van der Waals surface area contributed by atoms with E-state index in [-0.39, 0.29) is 0 Å². The maximum atomic E-state index is 12.2. The Morgan fingerprint density at radius 2 is 1.86 bits per heavy atom. The van der Waals surface area contributed by atoms with Gasteiger partial charge >= 0.3 is 18.0 Å². The lowest BCUT2D eigenvalue weighted by molar-refractivity contribution is -0.151. The monoisotopic (exact) mass is 301 g/mol. The number of aliphatic carboxylic acids is 2. The first-order valence-electron chi connectivity index (χ1n) is 7.06. The van der Waals surface area contributed by atoms with Crippen molar-refractivity contribution in [2.75, 3.05) is 6.54 Å². The molecular formula is C14H23NO6. The molecule has 1 fully saturated rings. The SMILES string of the molecule is CC(C)(C)OC(=O)N1CCCCC1C(CC(=O)O)C(=O)O. The summed E-state index contributed by atoms with van der Waals surface area (Å²) < 4.78 is 5.29. The Morgan fingerprint density at radius 3 is 2.33 bits per heavy atom. The summed E-state index contributed by atoms with van der Waals surface area (Å²) >= 11 is 0. The van der Waals surface area contributed by atoms with Crippen molar-refractivity contribution in [3.05, 3.63) is 0 Å². The topological polar surface area (TPSA) is 104 Å². The molecule has 21 heavy (non-hydrogen) atoms. The first kappa shape index (κ1) is 17.3. The zero-order valence-electron chi connectivity index (χ0n) is 12.7. The standard InChI is InChI=1S/C14H23NO6/c1-14(2,3)21-13(20)15-7-5-4-6-10(15)9(12(18)19)8-11(16)17/h9-10H,4-8H2,1-3H3,(H,16,17)(H,18,19). The van der Waals surface area contributed by atoms with Crippen LogP contribution in [0.1, 0.15) is 46.5 Å². The van der Waals surface area contributed by atoms with Gasteiger partial charge in [0, 0.05) is 12.6 Å². The minimum absolute atomic E-state index is 0.392. The van der Waals surface area contributed by atoms with Gasteiger partial charge in [-0.05, 0) is 40.0 Å². The zero-order valence-corrected chi connectivity index (χ0v) is 12.7. The number of carbonyl (C=O) groups excluding carboxylic acids is 1. The molecule has 0 aromatic heterocycles. The first-order chi connectivity index (χ1) is 9.61. The summed E-state index contributed by atoms with van der Waals surface area (Å²) in [5.41, 5.74) is -0.676. The number of nitrogens with zero attached hydrogens (tertiary/aromatic N) is 1. The predicted octanol–water partition coefficient (Wildman–Crippen LogP) is 1.95. The van der Waals surface area contributed by atoms with Gasteiger partial charge in [0.15, 0.2) is 0 Å². The molecule has 1 aliphatic heterocycles. The molecular weight excluding hydrogens is 278 g/mol. The van der Waals surface area contributed by atoms with Gasteiger partial charge < -0.3 is 19.8 Å².